The Kier molecular flexibility index (Phi) is 5.76. The second kappa shape index (κ2) is 8.61. The predicted octanol–water partition coefficient (Wildman–Crippen LogP) is 3.62. The van der Waals surface area contributed by atoms with Crippen LogP contribution in [0.25, 0.3) is 11.3 Å². The van der Waals surface area contributed by atoms with Crippen molar-refractivity contribution in [3.8, 4) is 11.3 Å². The Bertz CT molecular complexity index is 995. The van der Waals surface area contributed by atoms with Gasteiger partial charge in [0.05, 0.1) is 5.69 Å². The molecule has 3 aromatic rings. The molecule has 3 heterocycles. The van der Waals surface area contributed by atoms with Crippen molar-refractivity contribution in [3.05, 3.63) is 64.0 Å². The molecule has 29 heavy (non-hydrogen) atoms. The summed E-state index contributed by atoms with van der Waals surface area (Å²) < 4.78 is 0. The molecule has 1 aliphatic heterocycles. The molecule has 0 saturated heterocycles. The summed E-state index contributed by atoms with van der Waals surface area (Å²) >= 11 is 1.75. The number of carbonyl (C=O) groups excluding carboxylic acids is 2. The van der Waals surface area contributed by atoms with Gasteiger partial charge < -0.3 is 10.2 Å². The Hall–Kier alpha value is -2.93. The Morgan fingerprint density at radius 1 is 1.28 bits per heavy atom. The van der Waals surface area contributed by atoms with E-state index in [4.69, 9.17) is 0 Å². The van der Waals surface area contributed by atoms with Crippen molar-refractivity contribution < 1.29 is 9.59 Å². The minimum absolute atomic E-state index is 0.0140. The lowest BCUT2D eigenvalue weighted by molar-refractivity contribution is -0.134. The Balaban J connectivity index is 1.45. The summed E-state index contributed by atoms with van der Waals surface area (Å²) in [5, 5.41) is 12.0. The molecule has 0 radical (unpaired) electrons. The van der Waals surface area contributed by atoms with Gasteiger partial charge in [-0.3, -0.25) is 14.7 Å². The van der Waals surface area contributed by atoms with Crippen LogP contribution in [0.3, 0.4) is 0 Å². The molecule has 2 amide bonds. The van der Waals surface area contributed by atoms with E-state index in [0.717, 1.165) is 18.4 Å². The Labute approximate surface area is 173 Å². The standard InChI is InChI=1S/C22H24N4O2S/c1-2-6-17(22(28)26-11-9-20-16(14-26)10-12-29-20)23-21(27)19-13-18(24-25-19)15-7-4-3-5-8-15/h3-5,7-8,10,12-13,17H,2,6,9,11,14H2,1H3,(H,23,27)(H,24,25). The molecule has 4 rings (SSSR count). The number of fused-ring (bicyclic) bond motifs is 1. The Morgan fingerprint density at radius 3 is 2.90 bits per heavy atom. The van der Waals surface area contributed by atoms with E-state index in [-0.39, 0.29) is 11.8 Å². The number of rotatable bonds is 6. The fourth-order valence-electron chi connectivity index (χ4n) is 3.63. The summed E-state index contributed by atoms with van der Waals surface area (Å²) in [4.78, 5) is 29.1. The summed E-state index contributed by atoms with van der Waals surface area (Å²) in [5.41, 5.74) is 3.22. The van der Waals surface area contributed by atoms with E-state index < -0.39 is 6.04 Å². The summed E-state index contributed by atoms with van der Waals surface area (Å²) in [7, 11) is 0. The van der Waals surface area contributed by atoms with Crippen LogP contribution >= 0.6 is 11.3 Å². The first-order valence-corrected chi connectivity index (χ1v) is 10.8. The van der Waals surface area contributed by atoms with Crippen LogP contribution in [0.4, 0.5) is 0 Å². The fraction of sp³-hybridized carbons (Fsp3) is 0.318. The molecule has 0 spiro atoms. The molecule has 150 valence electrons. The van der Waals surface area contributed by atoms with Gasteiger partial charge in [-0.15, -0.1) is 11.3 Å². The number of aromatic amines is 1. The highest BCUT2D eigenvalue weighted by molar-refractivity contribution is 7.10. The molecular weight excluding hydrogens is 384 g/mol. The van der Waals surface area contributed by atoms with Crippen LogP contribution in [-0.4, -0.2) is 39.5 Å². The normalized spacial score (nSPS) is 14.3. The number of amides is 2. The van der Waals surface area contributed by atoms with Gasteiger partial charge in [-0.25, -0.2) is 0 Å². The van der Waals surface area contributed by atoms with Crippen molar-refractivity contribution >= 4 is 23.2 Å². The van der Waals surface area contributed by atoms with Crippen molar-refractivity contribution in [2.75, 3.05) is 6.54 Å². The second-order valence-corrected chi connectivity index (χ2v) is 8.23. The molecule has 1 atom stereocenters. The highest BCUT2D eigenvalue weighted by Gasteiger charge is 2.29. The van der Waals surface area contributed by atoms with Gasteiger partial charge in [-0.05, 0) is 35.9 Å². The maximum atomic E-state index is 13.1. The summed E-state index contributed by atoms with van der Waals surface area (Å²) in [6, 6.07) is 12.9. The predicted molar refractivity (Wildman–Crippen MR) is 114 cm³/mol. The first-order valence-electron chi connectivity index (χ1n) is 9.91. The summed E-state index contributed by atoms with van der Waals surface area (Å²) in [6.07, 6.45) is 2.30. The number of nitrogens with zero attached hydrogens (tertiary/aromatic N) is 2. The quantitative estimate of drug-likeness (QED) is 0.654. The number of aromatic nitrogens is 2. The van der Waals surface area contributed by atoms with Crippen molar-refractivity contribution in [1.82, 2.24) is 20.4 Å². The average molecular weight is 409 g/mol. The van der Waals surface area contributed by atoms with Gasteiger partial charge in [-0.2, -0.15) is 5.10 Å². The number of hydrogen-bond acceptors (Lipinski definition) is 4. The second-order valence-electron chi connectivity index (χ2n) is 7.23. The minimum atomic E-state index is -0.531. The molecule has 6 nitrogen and oxygen atoms in total. The third-order valence-electron chi connectivity index (χ3n) is 5.19. The van der Waals surface area contributed by atoms with Gasteiger partial charge >= 0.3 is 0 Å². The molecular formula is C22H24N4O2S. The largest absolute Gasteiger partial charge is 0.339 e. The fourth-order valence-corrected chi connectivity index (χ4v) is 4.52. The number of hydrogen-bond donors (Lipinski definition) is 2. The first kappa shape index (κ1) is 19.4. The molecule has 1 unspecified atom stereocenters. The molecule has 0 fully saturated rings. The molecule has 1 aromatic carbocycles. The molecule has 1 aliphatic rings. The van der Waals surface area contributed by atoms with E-state index >= 15 is 0 Å². The van der Waals surface area contributed by atoms with Gasteiger partial charge in [-0.1, -0.05) is 43.7 Å². The lowest BCUT2D eigenvalue weighted by Crippen LogP contribution is -2.49. The zero-order valence-corrected chi connectivity index (χ0v) is 17.2. The van der Waals surface area contributed by atoms with Crippen LogP contribution in [-0.2, 0) is 17.8 Å². The Morgan fingerprint density at radius 2 is 2.10 bits per heavy atom. The van der Waals surface area contributed by atoms with Crippen molar-refractivity contribution in [1.29, 1.82) is 0 Å². The number of thiophene rings is 1. The zero-order valence-electron chi connectivity index (χ0n) is 16.4. The van der Waals surface area contributed by atoms with Crippen molar-refractivity contribution in [2.24, 2.45) is 0 Å². The molecule has 0 aliphatic carbocycles. The minimum Gasteiger partial charge on any atom is -0.339 e. The third-order valence-corrected chi connectivity index (χ3v) is 6.22. The average Bonchev–Trinajstić information content (AvgIpc) is 3.42. The lowest BCUT2D eigenvalue weighted by Gasteiger charge is -2.30. The van der Waals surface area contributed by atoms with E-state index in [9.17, 15) is 9.59 Å². The third kappa shape index (κ3) is 4.24. The number of H-pyrrole nitrogens is 1. The van der Waals surface area contributed by atoms with Crippen LogP contribution in [0.1, 0.15) is 40.7 Å². The van der Waals surface area contributed by atoms with E-state index in [1.807, 2.05) is 42.2 Å². The maximum Gasteiger partial charge on any atom is 0.269 e. The van der Waals surface area contributed by atoms with Crippen LogP contribution in [0.15, 0.2) is 47.8 Å². The van der Waals surface area contributed by atoms with Crippen LogP contribution < -0.4 is 5.32 Å². The van der Waals surface area contributed by atoms with Crippen molar-refractivity contribution in [3.63, 3.8) is 0 Å². The van der Waals surface area contributed by atoms with Crippen LogP contribution in [0.2, 0.25) is 0 Å². The molecule has 7 heteroatoms. The highest BCUT2D eigenvalue weighted by atomic mass is 32.1. The van der Waals surface area contributed by atoms with Gasteiger partial charge in [0, 0.05) is 23.5 Å². The van der Waals surface area contributed by atoms with Crippen LogP contribution in [0.5, 0.6) is 0 Å². The number of carbonyl (C=O) groups is 2. The van der Waals surface area contributed by atoms with E-state index in [1.165, 1.54) is 10.4 Å². The maximum absolute atomic E-state index is 13.1. The smallest absolute Gasteiger partial charge is 0.269 e. The molecule has 2 N–H and O–H groups in total. The van der Waals surface area contributed by atoms with Gasteiger partial charge in [0.1, 0.15) is 11.7 Å². The SMILES string of the molecule is CCCC(NC(=O)c1cc(-c2ccccc2)n[nH]1)C(=O)N1CCc2sccc2C1. The van der Waals surface area contributed by atoms with E-state index in [2.05, 4.69) is 27.0 Å². The number of benzene rings is 1. The zero-order chi connectivity index (χ0) is 20.2. The first-order chi connectivity index (χ1) is 14.2. The molecule has 2 aromatic heterocycles. The van der Waals surface area contributed by atoms with Gasteiger partial charge in [0.2, 0.25) is 5.91 Å². The van der Waals surface area contributed by atoms with E-state index in [0.29, 0.717) is 30.9 Å². The summed E-state index contributed by atoms with van der Waals surface area (Å²) in [6.45, 7) is 3.34. The van der Waals surface area contributed by atoms with Gasteiger partial charge in [0.25, 0.3) is 5.91 Å². The monoisotopic (exact) mass is 408 g/mol. The highest BCUT2D eigenvalue weighted by Crippen LogP contribution is 2.25. The molecule has 0 bridgehead atoms. The number of nitrogens with one attached hydrogen (secondary N) is 2. The van der Waals surface area contributed by atoms with Crippen molar-refractivity contribution in [2.45, 2.75) is 38.8 Å². The molecule has 0 saturated carbocycles. The summed E-state index contributed by atoms with van der Waals surface area (Å²) in [5.74, 6) is -0.320. The van der Waals surface area contributed by atoms with Gasteiger partial charge in [0.15, 0.2) is 0 Å². The van der Waals surface area contributed by atoms with E-state index in [1.54, 1.807) is 17.4 Å². The van der Waals surface area contributed by atoms with Crippen LogP contribution in [0, 0.1) is 0 Å². The topological polar surface area (TPSA) is 78.1 Å². The lowest BCUT2D eigenvalue weighted by atomic mass is 10.1.